The molecular weight excluding hydrogens is 394 g/mol. The summed E-state index contributed by atoms with van der Waals surface area (Å²) >= 11 is 0.593. The number of hydrogen-bond acceptors (Lipinski definition) is 8. The fourth-order valence-corrected chi connectivity index (χ4v) is 2.91. The van der Waals surface area contributed by atoms with Crippen molar-refractivity contribution in [2.45, 2.75) is 13.3 Å². The molecule has 0 spiro atoms. The van der Waals surface area contributed by atoms with Crippen molar-refractivity contribution < 1.29 is 27.5 Å². The second-order valence-electron chi connectivity index (χ2n) is 5.33. The molecule has 0 radical (unpaired) electrons. The molecule has 0 aliphatic carbocycles. The molecule has 0 unspecified atom stereocenters. The summed E-state index contributed by atoms with van der Waals surface area (Å²) in [6.07, 6.45) is 0.709. The summed E-state index contributed by atoms with van der Waals surface area (Å²) < 4.78 is 41.4. The van der Waals surface area contributed by atoms with Gasteiger partial charge in [-0.25, -0.2) is 13.6 Å². The molecule has 1 aromatic heterocycles. The Balaban J connectivity index is 2.20. The van der Waals surface area contributed by atoms with Crippen molar-refractivity contribution in [1.82, 2.24) is 0 Å². The normalized spacial score (nSPS) is 10.4. The number of carbonyl (C=O) groups is 1. The number of carbonyl (C=O) groups excluding carboxylic acids is 1. The number of ether oxygens (including phenoxy) is 2. The van der Waals surface area contributed by atoms with E-state index in [0.29, 0.717) is 17.8 Å². The highest BCUT2D eigenvalue weighted by molar-refractivity contribution is 8.26. The number of hydrogen-bond donors (Lipinski definition) is 2. The molecule has 1 heterocycles. The van der Waals surface area contributed by atoms with Crippen molar-refractivity contribution in [2.24, 2.45) is 0 Å². The smallest absolute Gasteiger partial charge is 0.378 e. The van der Waals surface area contributed by atoms with Gasteiger partial charge in [0, 0.05) is 12.5 Å². The van der Waals surface area contributed by atoms with Gasteiger partial charge in [0.1, 0.15) is 22.9 Å². The molecule has 28 heavy (non-hydrogen) atoms. The third-order valence-electron chi connectivity index (χ3n) is 3.45. The Morgan fingerprint density at radius 2 is 2.00 bits per heavy atom. The zero-order valence-corrected chi connectivity index (χ0v) is 15.7. The van der Waals surface area contributed by atoms with Crippen LogP contribution in [0.5, 0.6) is 5.75 Å². The highest BCUT2D eigenvalue weighted by atomic mass is 32.2. The summed E-state index contributed by atoms with van der Waals surface area (Å²) in [5.74, 6) is -3.28. The Morgan fingerprint density at radius 3 is 2.61 bits per heavy atom. The van der Waals surface area contributed by atoms with Gasteiger partial charge in [-0.3, -0.25) is 15.6 Å². The average Bonchev–Trinajstić information content (AvgIpc) is 2.63. The first-order chi connectivity index (χ1) is 13.3. The monoisotopic (exact) mass is 410 g/mol. The first kappa shape index (κ1) is 21.3. The molecule has 0 atom stereocenters. The molecule has 0 saturated heterocycles. The lowest BCUT2D eigenvalue weighted by Crippen LogP contribution is -2.20. The molecule has 0 aliphatic heterocycles. The molecule has 0 saturated carbocycles. The van der Waals surface area contributed by atoms with Gasteiger partial charge in [-0.2, -0.15) is 0 Å². The van der Waals surface area contributed by atoms with Crippen LogP contribution in [0.15, 0.2) is 33.7 Å². The molecule has 2 N–H and O–H groups in total. The molecule has 0 fully saturated rings. The molecule has 7 nitrogen and oxygen atoms in total. The van der Waals surface area contributed by atoms with Crippen LogP contribution < -0.4 is 10.2 Å². The maximum absolute atomic E-state index is 13.7. The zero-order valence-electron chi connectivity index (χ0n) is 14.9. The molecule has 0 aliphatic rings. The second kappa shape index (κ2) is 9.27. The highest BCUT2D eigenvalue weighted by Gasteiger charge is 2.24. The molecule has 2 aromatic rings. The van der Waals surface area contributed by atoms with Crippen molar-refractivity contribution >= 4 is 27.8 Å². The molecule has 0 amide bonds. The molecule has 1 aromatic carbocycles. The summed E-state index contributed by atoms with van der Waals surface area (Å²) in [5.41, 5.74) is -0.941. The van der Waals surface area contributed by atoms with Crippen LogP contribution in [0.3, 0.4) is 0 Å². The minimum absolute atomic E-state index is 0.0657. The first-order valence-electron chi connectivity index (χ1n) is 7.93. The van der Waals surface area contributed by atoms with Crippen LogP contribution in [0.2, 0.25) is 0 Å². The molecule has 148 valence electrons. The largest absolute Gasteiger partial charge is 0.489 e. The summed E-state index contributed by atoms with van der Waals surface area (Å²) in [6.45, 7) is 1.65. The number of esters is 1. The van der Waals surface area contributed by atoms with Gasteiger partial charge < -0.3 is 13.9 Å². The summed E-state index contributed by atoms with van der Waals surface area (Å²) in [6, 6.07) is 2.97. The van der Waals surface area contributed by atoms with E-state index in [1.54, 1.807) is 6.92 Å². The Kier molecular flexibility index (Phi) is 7.05. The van der Waals surface area contributed by atoms with Gasteiger partial charge in [-0.1, -0.05) is 17.8 Å². The van der Waals surface area contributed by atoms with E-state index >= 15 is 0 Å². The van der Waals surface area contributed by atoms with Gasteiger partial charge in [-0.15, -0.1) is 0 Å². The van der Waals surface area contributed by atoms with Gasteiger partial charge in [0.15, 0.2) is 0 Å². The first-order valence-corrected chi connectivity index (χ1v) is 8.75. The van der Waals surface area contributed by atoms with E-state index in [0.717, 1.165) is 19.4 Å². The van der Waals surface area contributed by atoms with E-state index in [-0.39, 0.29) is 34.2 Å². The Hall–Kier alpha value is -3.01. The van der Waals surface area contributed by atoms with E-state index < -0.39 is 34.5 Å². The third kappa shape index (κ3) is 4.83. The Bertz CT molecular complexity index is 990. The van der Waals surface area contributed by atoms with Crippen molar-refractivity contribution in [1.29, 1.82) is 10.8 Å². The molecular formula is C18H16F2N2O5S. The van der Waals surface area contributed by atoms with Gasteiger partial charge in [-0.05, 0) is 18.6 Å². The van der Waals surface area contributed by atoms with E-state index in [1.165, 1.54) is 6.07 Å². The van der Waals surface area contributed by atoms with Crippen molar-refractivity contribution in [3.8, 4) is 5.75 Å². The van der Waals surface area contributed by atoms with Crippen molar-refractivity contribution in [3.05, 3.63) is 63.2 Å². The SMILES string of the molecule is CCOC(=O)c1occ(C(=N)SC(=N)Cc2ccc(F)cc2F)c(=O)c1OC. The quantitative estimate of drug-likeness (QED) is 0.429. The molecule has 10 heteroatoms. The summed E-state index contributed by atoms with van der Waals surface area (Å²) in [5, 5.41) is 15.4. The molecule has 0 bridgehead atoms. The van der Waals surface area contributed by atoms with Crippen molar-refractivity contribution in [3.63, 3.8) is 0 Å². The predicted molar refractivity (Wildman–Crippen MR) is 99.7 cm³/mol. The maximum atomic E-state index is 13.7. The lowest BCUT2D eigenvalue weighted by molar-refractivity contribution is 0.0480. The minimum Gasteiger partial charge on any atom is -0.489 e. The number of thioether (sulfide) groups is 1. The zero-order chi connectivity index (χ0) is 20.8. The van der Waals surface area contributed by atoms with Crippen LogP contribution in [-0.4, -0.2) is 29.8 Å². The molecule has 2 rings (SSSR count). The summed E-state index contributed by atoms with van der Waals surface area (Å²) in [4.78, 5) is 24.3. The topological polar surface area (TPSA) is 113 Å². The van der Waals surface area contributed by atoms with E-state index in [4.69, 9.17) is 24.7 Å². The Labute approximate surface area is 162 Å². The lowest BCUT2D eigenvalue weighted by Gasteiger charge is -2.09. The standard InChI is InChI=1S/C18H16F2N2O5S/c1-3-26-18(24)16-15(25-2)14(23)11(8-27-16)17(22)28-13(21)6-9-4-5-10(19)7-12(9)20/h4-5,7-8,21-22H,3,6H2,1-2H3. The van der Waals surface area contributed by atoms with Crippen molar-refractivity contribution in [2.75, 3.05) is 13.7 Å². The van der Waals surface area contributed by atoms with Crippen LogP contribution in [0.25, 0.3) is 0 Å². The second-order valence-corrected chi connectivity index (χ2v) is 6.43. The van der Waals surface area contributed by atoms with Crippen LogP contribution in [-0.2, 0) is 11.2 Å². The van der Waals surface area contributed by atoms with Gasteiger partial charge >= 0.3 is 5.97 Å². The fourth-order valence-electron chi connectivity index (χ4n) is 2.18. The van der Waals surface area contributed by atoms with Crippen LogP contribution in [0, 0.1) is 22.5 Å². The fraction of sp³-hybridized carbons (Fsp3) is 0.222. The van der Waals surface area contributed by atoms with E-state index in [9.17, 15) is 18.4 Å². The highest BCUT2D eigenvalue weighted by Crippen LogP contribution is 2.21. The average molecular weight is 410 g/mol. The van der Waals surface area contributed by atoms with Gasteiger partial charge in [0.2, 0.25) is 11.2 Å². The van der Waals surface area contributed by atoms with Crippen LogP contribution in [0.1, 0.15) is 28.6 Å². The van der Waals surface area contributed by atoms with Crippen LogP contribution >= 0.6 is 11.8 Å². The van der Waals surface area contributed by atoms with Crippen LogP contribution in [0.4, 0.5) is 8.78 Å². The predicted octanol–water partition coefficient (Wildman–Crippen LogP) is 3.38. The number of nitrogens with one attached hydrogen (secondary N) is 2. The number of methoxy groups -OCH3 is 1. The summed E-state index contributed by atoms with van der Waals surface area (Å²) in [7, 11) is 1.16. The third-order valence-corrected chi connectivity index (χ3v) is 4.27. The van der Waals surface area contributed by atoms with Gasteiger partial charge in [0.25, 0.3) is 5.76 Å². The van der Waals surface area contributed by atoms with Gasteiger partial charge in [0.05, 0.1) is 24.3 Å². The lowest BCUT2D eigenvalue weighted by atomic mass is 10.1. The number of benzene rings is 1. The Morgan fingerprint density at radius 1 is 1.29 bits per heavy atom. The van der Waals surface area contributed by atoms with E-state index in [1.807, 2.05) is 0 Å². The maximum Gasteiger partial charge on any atom is 0.378 e. The number of halogens is 2. The minimum atomic E-state index is -0.887. The van der Waals surface area contributed by atoms with E-state index in [2.05, 4.69) is 0 Å². The number of rotatable bonds is 6.